The quantitative estimate of drug-likeness (QED) is 0.120. The van der Waals surface area contributed by atoms with E-state index in [1.165, 1.54) is 12.5 Å². The van der Waals surface area contributed by atoms with E-state index in [-0.39, 0.29) is 24.3 Å². The predicted octanol–water partition coefficient (Wildman–Crippen LogP) is 2.95. The summed E-state index contributed by atoms with van der Waals surface area (Å²) in [5, 5.41) is 43.2. The third-order valence-electron chi connectivity index (χ3n) is 6.67. The highest BCUT2D eigenvalue weighted by Crippen LogP contribution is 2.38. The number of nitrogens with zero attached hydrogens (tertiary/aromatic N) is 1. The monoisotopic (exact) mass is 492 g/mol. The molecule has 9 heteroatoms. The molecule has 1 aliphatic rings. The maximum atomic E-state index is 11.8. The summed E-state index contributed by atoms with van der Waals surface area (Å²) >= 11 is 0. The Hall–Kier alpha value is -2.49. The molecule has 0 heterocycles. The Bertz CT molecular complexity index is 789. The van der Waals surface area contributed by atoms with E-state index < -0.39 is 29.5 Å². The fourth-order valence-electron chi connectivity index (χ4n) is 4.69. The van der Waals surface area contributed by atoms with Gasteiger partial charge in [0.1, 0.15) is 6.10 Å². The Balaban J connectivity index is 1.65. The number of carbonyl (C=O) groups is 1. The summed E-state index contributed by atoms with van der Waals surface area (Å²) in [5.74, 6) is -0.276. The summed E-state index contributed by atoms with van der Waals surface area (Å²) in [5.41, 5.74) is 1.20. The lowest BCUT2D eigenvalue weighted by Gasteiger charge is -2.23. The number of hydrogen-bond acceptors (Lipinski definition) is 7. The first kappa shape index (κ1) is 28.7. The fraction of sp³-hybridized carbons (Fsp3) is 0.654. The van der Waals surface area contributed by atoms with Crippen LogP contribution in [0.5, 0.6) is 0 Å². The maximum Gasteiger partial charge on any atom is 0.294 e. The molecule has 0 saturated heterocycles. The highest BCUT2D eigenvalue weighted by atomic mass is 17.0. The molecule has 35 heavy (non-hydrogen) atoms. The number of nitrogens with one attached hydrogen (secondary N) is 1. The van der Waals surface area contributed by atoms with Crippen LogP contribution in [0.1, 0.15) is 63.9 Å². The lowest BCUT2D eigenvalue weighted by molar-refractivity contribution is -0.767. The molecule has 0 aliphatic heterocycles. The molecule has 0 aromatic heterocycles. The van der Waals surface area contributed by atoms with E-state index in [4.69, 9.17) is 0 Å². The van der Waals surface area contributed by atoms with E-state index in [0.29, 0.717) is 51.4 Å². The second kappa shape index (κ2) is 15.5. The maximum absolute atomic E-state index is 11.8. The first-order valence-electron chi connectivity index (χ1n) is 12.6. The summed E-state index contributed by atoms with van der Waals surface area (Å²) in [6, 6.07) is 10.0. The van der Waals surface area contributed by atoms with Gasteiger partial charge in [-0.2, -0.15) is 0 Å². The molecule has 6 atom stereocenters. The number of amides is 1. The first-order chi connectivity index (χ1) is 16.8. The first-order valence-corrected chi connectivity index (χ1v) is 12.6. The topological polar surface area (TPSA) is 142 Å². The zero-order valence-corrected chi connectivity index (χ0v) is 20.5. The number of rotatable bonds is 16. The highest BCUT2D eigenvalue weighted by Gasteiger charge is 2.40. The van der Waals surface area contributed by atoms with Crippen molar-refractivity contribution in [1.29, 1.82) is 0 Å². The Labute approximate surface area is 207 Å². The van der Waals surface area contributed by atoms with Gasteiger partial charge in [-0.05, 0) is 75.7 Å². The molecule has 9 nitrogen and oxygen atoms in total. The third-order valence-corrected chi connectivity index (χ3v) is 6.67. The van der Waals surface area contributed by atoms with Crippen molar-refractivity contribution in [3.63, 3.8) is 0 Å². The molecule has 1 amide bonds. The van der Waals surface area contributed by atoms with E-state index >= 15 is 0 Å². The predicted molar refractivity (Wildman–Crippen MR) is 132 cm³/mol. The molecule has 1 saturated carbocycles. The Kier molecular flexibility index (Phi) is 12.7. The van der Waals surface area contributed by atoms with Crippen LogP contribution in [-0.2, 0) is 16.1 Å². The van der Waals surface area contributed by atoms with Gasteiger partial charge >= 0.3 is 0 Å². The lowest BCUT2D eigenvalue weighted by atomic mass is 9.85. The number of carbonyl (C=O) groups excluding carboxylic acids is 1. The van der Waals surface area contributed by atoms with E-state index in [1.807, 2.05) is 42.5 Å². The minimum atomic E-state index is -0.874. The molecule has 0 spiro atoms. The van der Waals surface area contributed by atoms with E-state index in [2.05, 4.69) is 10.2 Å². The Morgan fingerprint density at radius 1 is 1.20 bits per heavy atom. The van der Waals surface area contributed by atoms with Gasteiger partial charge in [0.05, 0.1) is 18.3 Å². The van der Waals surface area contributed by atoms with E-state index in [1.54, 1.807) is 0 Å². The number of benzene rings is 1. The van der Waals surface area contributed by atoms with Crippen LogP contribution < -0.4 is 5.32 Å². The molecular weight excluding hydrogens is 452 g/mol. The number of aliphatic hydroxyl groups is 3. The molecule has 2 rings (SSSR count). The number of allylic oxidation sites excluding steroid dienone is 2. The van der Waals surface area contributed by atoms with Gasteiger partial charge in [0.15, 0.2) is 0 Å². The number of aliphatic hydroxyl groups excluding tert-OH is 3. The van der Waals surface area contributed by atoms with Gasteiger partial charge in [-0.3, -0.25) is 4.79 Å². The summed E-state index contributed by atoms with van der Waals surface area (Å²) in [7, 11) is 0. The largest absolute Gasteiger partial charge is 0.393 e. The standard InChI is InChI=1S/C26H40N2O7/c1-19(35-28(33)34)18-27-26(32)12-8-3-2-7-11-22-23(25(31)17-24(22)30)16-15-21(29)14-13-20-9-5-4-6-10-20/h2,4-7,9-10,19,21-25,29-31H,3,8,11-18H2,1H3,(H,27,32)/t19?,21-,22+,23+,24-,25+/m0/s1. The van der Waals surface area contributed by atoms with Crippen molar-refractivity contribution < 1.29 is 30.0 Å². The van der Waals surface area contributed by atoms with Gasteiger partial charge in [-0.15, -0.1) is 10.1 Å². The van der Waals surface area contributed by atoms with Crippen LogP contribution >= 0.6 is 0 Å². The minimum Gasteiger partial charge on any atom is -0.393 e. The van der Waals surface area contributed by atoms with E-state index in [9.17, 15) is 30.2 Å². The highest BCUT2D eigenvalue weighted by molar-refractivity contribution is 5.75. The van der Waals surface area contributed by atoms with Gasteiger partial charge in [-0.25, -0.2) is 0 Å². The zero-order chi connectivity index (χ0) is 25.6. The van der Waals surface area contributed by atoms with Gasteiger partial charge in [-0.1, -0.05) is 42.5 Å². The number of unbranched alkanes of at least 4 members (excludes halogenated alkanes) is 1. The molecule has 1 aromatic carbocycles. The molecule has 196 valence electrons. The van der Waals surface area contributed by atoms with Crippen molar-refractivity contribution in [3.8, 4) is 0 Å². The Morgan fingerprint density at radius 2 is 1.91 bits per heavy atom. The SMILES string of the molecule is CC(CNC(=O)CCCC=CC[C@@H]1[C@@H](CC[C@@H](O)CCc2ccccc2)[C@H](O)C[C@@H]1O)O[N+](=O)[O-]. The zero-order valence-electron chi connectivity index (χ0n) is 20.5. The molecule has 4 N–H and O–H groups in total. The summed E-state index contributed by atoms with van der Waals surface area (Å²) < 4.78 is 0. The molecule has 1 aliphatic carbocycles. The van der Waals surface area contributed by atoms with Gasteiger partial charge < -0.3 is 25.5 Å². The average molecular weight is 493 g/mol. The molecule has 0 bridgehead atoms. The number of aryl methyl sites for hydroxylation is 1. The average Bonchev–Trinajstić information content (AvgIpc) is 3.09. The summed E-state index contributed by atoms with van der Waals surface area (Å²) in [4.78, 5) is 26.4. The van der Waals surface area contributed by atoms with Crippen molar-refractivity contribution >= 4 is 5.91 Å². The van der Waals surface area contributed by atoms with Gasteiger partial charge in [0, 0.05) is 13.0 Å². The minimum absolute atomic E-state index is 0.0461. The van der Waals surface area contributed by atoms with Crippen LogP contribution in [0.25, 0.3) is 0 Å². The smallest absolute Gasteiger partial charge is 0.294 e. The van der Waals surface area contributed by atoms with Crippen LogP contribution in [-0.4, -0.2) is 57.3 Å². The van der Waals surface area contributed by atoms with Crippen LogP contribution in [0, 0.1) is 22.0 Å². The van der Waals surface area contributed by atoms with Crippen LogP contribution in [0.4, 0.5) is 0 Å². The van der Waals surface area contributed by atoms with Crippen molar-refractivity contribution in [2.75, 3.05) is 6.54 Å². The van der Waals surface area contributed by atoms with Gasteiger partial charge in [0.2, 0.25) is 5.91 Å². The lowest BCUT2D eigenvalue weighted by Crippen LogP contribution is -2.32. The molecular formula is C26H40N2O7. The van der Waals surface area contributed by atoms with E-state index in [0.717, 1.165) is 6.42 Å². The molecule has 1 fully saturated rings. The normalized spacial score (nSPS) is 23.8. The van der Waals surface area contributed by atoms with Gasteiger partial charge in [0.25, 0.3) is 5.09 Å². The molecule has 0 radical (unpaired) electrons. The Morgan fingerprint density at radius 3 is 2.63 bits per heavy atom. The fourth-order valence-corrected chi connectivity index (χ4v) is 4.69. The van der Waals surface area contributed by atoms with Crippen molar-refractivity contribution in [1.82, 2.24) is 5.32 Å². The van der Waals surface area contributed by atoms with Crippen LogP contribution in [0.3, 0.4) is 0 Å². The number of hydrogen-bond donors (Lipinski definition) is 4. The molecule has 1 unspecified atom stereocenters. The van der Waals surface area contributed by atoms with Crippen molar-refractivity contribution in [2.45, 2.75) is 89.1 Å². The van der Waals surface area contributed by atoms with Crippen molar-refractivity contribution in [3.05, 3.63) is 58.2 Å². The third kappa shape index (κ3) is 11.2. The van der Waals surface area contributed by atoms with Crippen LogP contribution in [0.2, 0.25) is 0 Å². The van der Waals surface area contributed by atoms with Crippen LogP contribution in [0.15, 0.2) is 42.5 Å². The summed E-state index contributed by atoms with van der Waals surface area (Å²) in [6.07, 6.45) is 7.14. The second-order valence-electron chi connectivity index (χ2n) is 9.50. The summed E-state index contributed by atoms with van der Waals surface area (Å²) in [6.45, 7) is 1.60. The second-order valence-corrected chi connectivity index (χ2v) is 9.50. The van der Waals surface area contributed by atoms with Crippen molar-refractivity contribution in [2.24, 2.45) is 11.8 Å². The molecule has 1 aromatic rings.